The van der Waals surface area contributed by atoms with E-state index in [1.54, 1.807) is 0 Å². The van der Waals surface area contributed by atoms with Crippen LogP contribution in [-0.2, 0) is 24.5 Å². The standard InChI is InChI=1S/C24H23N3O5S2/c1-31-23(28)19-15-25-24(32-19)26-34(29,30)27-21-18(16-9-4-2-5-10-16)13-8-14-20(21)33-22(27)17-11-6-3-7-12-17/h2-14,19,22,24-26H,15H2,1H3/t19-,22?,24?/m1/s1. The lowest BCUT2D eigenvalue weighted by Gasteiger charge is -2.29. The average molecular weight is 498 g/mol. The van der Waals surface area contributed by atoms with Crippen LogP contribution in [0, 0.1) is 0 Å². The van der Waals surface area contributed by atoms with Crippen molar-refractivity contribution in [3.05, 3.63) is 84.4 Å². The lowest BCUT2D eigenvalue weighted by atomic mass is 10.0. The molecule has 3 atom stereocenters. The molecular weight excluding hydrogens is 474 g/mol. The van der Waals surface area contributed by atoms with Gasteiger partial charge in [0.1, 0.15) is 5.37 Å². The third-order valence-corrected chi connectivity index (χ3v) is 8.45. The van der Waals surface area contributed by atoms with Gasteiger partial charge in [-0.2, -0.15) is 13.1 Å². The Morgan fingerprint density at radius 1 is 1.06 bits per heavy atom. The number of carbonyl (C=O) groups excluding carboxylic acids is 1. The van der Waals surface area contributed by atoms with Gasteiger partial charge in [0.05, 0.1) is 12.8 Å². The van der Waals surface area contributed by atoms with E-state index >= 15 is 0 Å². The predicted octanol–water partition coefficient (Wildman–Crippen LogP) is 3.24. The molecule has 34 heavy (non-hydrogen) atoms. The molecular formula is C24H23N3O5S2. The molecule has 0 spiro atoms. The highest BCUT2D eigenvalue weighted by atomic mass is 32.2. The van der Waals surface area contributed by atoms with Gasteiger partial charge in [-0.05, 0) is 17.2 Å². The molecule has 5 rings (SSSR count). The number of ether oxygens (including phenoxy) is 2. The lowest BCUT2D eigenvalue weighted by Crippen LogP contribution is -2.49. The van der Waals surface area contributed by atoms with E-state index in [0.717, 1.165) is 21.6 Å². The molecule has 1 saturated heterocycles. The van der Waals surface area contributed by atoms with Gasteiger partial charge >= 0.3 is 16.2 Å². The molecule has 176 valence electrons. The maximum absolute atomic E-state index is 13.8. The van der Waals surface area contributed by atoms with Crippen LogP contribution in [-0.4, -0.2) is 40.5 Å². The highest BCUT2D eigenvalue weighted by molar-refractivity contribution is 8.02. The van der Waals surface area contributed by atoms with Gasteiger partial charge in [0.25, 0.3) is 0 Å². The second-order valence-electron chi connectivity index (χ2n) is 7.75. The van der Waals surface area contributed by atoms with Gasteiger partial charge < -0.3 is 9.47 Å². The fraction of sp³-hybridized carbons (Fsp3) is 0.208. The van der Waals surface area contributed by atoms with Gasteiger partial charge in [-0.15, -0.1) is 0 Å². The largest absolute Gasteiger partial charge is 0.467 e. The van der Waals surface area contributed by atoms with Gasteiger partial charge in [-0.1, -0.05) is 84.6 Å². The Kier molecular flexibility index (Phi) is 6.32. The first-order valence-corrected chi connectivity index (χ1v) is 13.0. The SMILES string of the molecule is COC(=O)[C@H]1CNC(NS(=O)(=O)N2c3c(cccc3-c3ccccc3)SC2c2ccccc2)O1. The van der Waals surface area contributed by atoms with Gasteiger partial charge in [0.15, 0.2) is 12.5 Å². The maximum Gasteiger partial charge on any atom is 0.336 e. The van der Waals surface area contributed by atoms with Crippen LogP contribution in [0.2, 0.25) is 0 Å². The second-order valence-corrected chi connectivity index (χ2v) is 10.5. The summed E-state index contributed by atoms with van der Waals surface area (Å²) in [6, 6.07) is 24.9. The highest BCUT2D eigenvalue weighted by Crippen LogP contribution is 2.55. The summed E-state index contributed by atoms with van der Waals surface area (Å²) >= 11 is 1.47. The van der Waals surface area contributed by atoms with Crippen LogP contribution in [0.15, 0.2) is 83.8 Å². The summed E-state index contributed by atoms with van der Waals surface area (Å²) in [4.78, 5) is 12.7. The number of para-hydroxylation sites is 1. The number of methoxy groups -OCH3 is 1. The Hall–Kier alpha value is -2.89. The summed E-state index contributed by atoms with van der Waals surface area (Å²) in [5.74, 6) is -0.565. The van der Waals surface area contributed by atoms with Crippen molar-refractivity contribution in [2.75, 3.05) is 18.0 Å². The zero-order valence-electron chi connectivity index (χ0n) is 18.2. The van der Waals surface area contributed by atoms with E-state index in [9.17, 15) is 13.2 Å². The summed E-state index contributed by atoms with van der Waals surface area (Å²) in [5, 5.41) is 2.36. The van der Waals surface area contributed by atoms with E-state index in [-0.39, 0.29) is 6.54 Å². The van der Waals surface area contributed by atoms with E-state index in [1.165, 1.54) is 23.2 Å². The second kappa shape index (κ2) is 9.40. The Labute approximate surface area is 202 Å². The molecule has 0 bridgehead atoms. The van der Waals surface area contributed by atoms with E-state index in [0.29, 0.717) is 5.69 Å². The third-order valence-electron chi connectivity index (χ3n) is 5.61. The van der Waals surface area contributed by atoms with Gasteiger partial charge in [0, 0.05) is 17.0 Å². The maximum atomic E-state index is 13.8. The van der Waals surface area contributed by atoms with Gasteiger partial charge in [-0.3, -0.25) is 5.32 Å². The topological polar surface area (TPSA) is 97.0 Å². The third kappa shape index (κ3) is 4.30. The molecule has 0 aromatic heterocycles. The molecule has 1 fully saturated rings. The molecule has 0 amide bonds. The molecule has 2 N–H and O–H groups in total. The molecule has 2 unspecified atom stereocenters. The van der Waals surface area contributed by atoms with E-state index in [4.69, 9.17) is 9.47 Å². The zero-order chi connectivity index (χ0) is 23.7. The van der Waals surface area contributed by atoms with Crippen molar-refractivity contribution in [3.8, 4) is 11.1 Å². The van der Waals surface area contributed by atoms with Crippen LogP contribution in [0.1, 0.15) is 10.9 Å². The molecule has 10 heteroatoms. The summed E-state index contributed by atoms with van der Waals surface area (Å²) in [7, 11) is -2.86. The number of thioether (sulfide) groups is 1. The van der Waals surface area contributed by atoms with Crippen molar-refractivity contribution in [2.45, 2.75) is 22.7 Å². The van der Waals surface area contributed by atoms with Crippen molar-refractivity contribution in [1.82, 2.24) is 10.0 Å². The summed E-state index contributed by atoms with van der Waals surface area (Å²) < 4.78 is 41.9. The minimum absolute atomic E-state index is 0.141. The minimum atomic E-state index is -4.12. The number of hydrogen-bond donors (Lipinski definition) is 2. The predicted molar refractivity (Wildman–Crippen MR) is 130 cm³/mol. The Morgan fingerprint density at radius 3 is 2.47 bits per heavy atom. The van der Waals surface area contributed by atoms with Crippen molar-refractivity contribution in [3.63, 3.8) is 0 Å². The van der Waals surface area contributed by atoms with Gasteiger partial charge in [-0.25, -0.2) is 9.10 Å². The van der Waals surface area contributed by atoms with Crippen molar-refractivity contribution < 1.29 is 22.7 Å². The first-order valence-electron chi connectivity index (χ1n) is 10.7. The molecule has 8 nitrogen and oxygen atoms in total. The number of hydrogen-bond acceptors (Lipinski definition) is 7. The zero-order valence-corrected chi connectivity index (χ0v) is 19.9. The van der Waals surface area contributed by atoms with Crippen molar-refractivity contribution in [1.29, 1.82) is 0 Å². The number of rotatable bonds is 6. The Balaban J connectivity index is 1.55. The Morgan fingerprint density at radius 2 is 1.76 bits per heavy atom. The quantitative estimate of drug-likeness (QED) is 0.505. The molecule has 0 aliphatic carbocycles. The van der Waals surface area contributed by atoms with Crippen molar-refractivity contribution in [2.24, 2.45) is 0 Å². The molecule has 0 saturated carbocycles. The number of benzene rings is 3. The Bertz CT molecular complexity index is 1290. The van der Waals surface area contributed by atoms with Crippen LogP contribution in [0.4, 0.5) is 5.69 Å². The summed E-state index contributed by atoms with van der Waals surface area (Å²) in [5.41, 5.74) is 3.17. The summed E-state index contributed by atoms with van der Waals surface area (Å²) in [6.07, 6.45) is -1.95. The van der Waals surface area contributed by atoms with E-state index < -0.39 is 34.0 Å². The van der Waals surface area contributed by atoms with Crippen LogP contribution in [0.3, 0.4) is 0 Å². The molecule has 2 heterocycles. The number of carbonyl (C=O) groups is 1. The number of nitrogens with zero attached hydrogens (tertiary/aromatic N) is 1. The summed E-state index contributed by atoms with van der Waals surface area (Å²) in [6.45, 7) is 0.141. The first-order chi connectivity index (χ1) is 16.5. The molecule has 3 aromatic rings. The van der Waals surface area contributed by atoms with Crippen LogP contribution in [0.25, 0.3) is 11.1 Å². The van der Waals surface area contributed by atoms with Crippen LogP contribution >= 0.6 is 11.8 Å². The fourth-order valence-electron chi connectivity index (χ4n) is 4.05. The van der Waals surface area contributed by atoms with E-state index in [2.05, 4.69) is 10.0 Å². The van der Waals surface area contributed by atoms with Crippen LogP contribution in [0.5, 0.6) is 0 Å². The van der Waals surface area contributed by atoms with E-state index in [1.807, 2.05) is 78.9 Å². The number of esters is 1. The molecule has 0 radical (unpaired) electrons. The number of anilines is 1. The lowest BCUT2D eigenvalue weighted by molar-refractivity contribution is -0.152. The fourth-order valence-corrected chi connectivity index (χ4v) is 7.13. The molecule has 3 aromatic carbocycles. The smallest absolute Gasteiger partial charge is 0.336 e. The number of fused-ring (bicyclic) bond motifs is 1. The highest BCUT2D eigenvalue weighted by Gasteiger charge is 2.43. The van der Waals surface area contributed by atoms with Crippen molar-refractivity contribution >= 4 is 33.6 Å². The van der Waals surface area contributed by atoms with Gasteiger partial charge in [0.2, 0.25) is 0 Å². The monoisotopic (exact) mass is 497 g/mol. The minimum Gasteiger partial charge on any atom is -0.467 e. The average Bonchev–Trinajstić information content (AvgIpc) is 3.49. The molecule has 2 aliphatic heterocycles. The van der Waals surface area contributed by atoms with Crippen LogP contribution < -0.4 is 14.3 Å². The normalized spacial score (nSPS) is 21.9. The first kappa shape index (κ1) is 22.9. The number of nitrogens with one attached hydrogen (secondary N) is 2. The molecule has 2 aliphatic rings.